The van der Waals surface area contributed by atoms with Crippen LogP contribution in [0.15, 0.2) is 23.8 Å². The van der Waals surface area contributed by atoms with Crippen molar-refractivity contribution < 1.29 is 4.79 Å². The van der Waals surface area contributed by atoms with Crippen molar-refractivity contribution in [2.75, 3.05) is 0 Å². The lowest BCUT2D eigenvalue weighted by Gasteiger charge is -1.94. The molecule has 78 valence electrons. The highest BCUT2D eigenvalue weighted by molar-refractivity contribution is 5.92. The van der Waals surface area contributed by atoms with Crippen LogP contribution in [0.5, 0.6) is 0 Å². The normalized spacial score (nSPS) is 16.6. The topological polar surface area (TPSA) is 17.1 Å². The minimum Gasteiger partial charge on any atom is -0.295 e. The van der Waals surface area contributed by atoms with Gasteiger partial charge in [0.2, 0.25) is 0 Å². The van der Waals surface area contributed by atoms with Gasteiger partial charge in [-0.15, -0.1) is 0 Å². The lowest BCUT2D eigenvalue weighted by Crippen LogP contribution is -1.80. The molecule has 0 aromatic carbocycles. The van der Waals surface area contributed by atoms with Gasteiger partial charge in [0.15, 0.2) is 5.78 Å². The van der Waals surface area contributed by atoms with Crippen LogP contribution in [0.4, 0.5) is 0 Å². The monoisotopic (exact) mass is 192 g/mol. The van der Waals surface area contributed by atoms with Gasteiger partial charge in [-0.2, -0.15) is 0 Å². The van der Waals surface area contributed by atoms with Crippen LogP contribution in [0.25, 0.3) is 0 Å². The van der Waals surface area contributed by atoms with Gasteiger partial charge in [0, 0.05) is 6.42 Å². The third-order valence-electron chi connectivity index (χ3n) is 2.58. The van der Waals surface area contributed by atoms with Crippen LogP contribution in [0, 0.1) is 0 Å². The van der Waals surface area contributed by atoms with E-state index in [1.54, 1.807) is 0 Å². The first kappa shape index (κ1) is 11.2. The van der Waals surface area contributed by atoms with Crippen LogP contribution < -0.4 is 0 Å². The van der Waals surface area contributed by atoms with Crippen molar-refractivity contribution >= 4 is 5.78 Å². The minimum atomic E-state index is 0.305. The zero-order valence-corrected chi connectivity index (χ0v) is 9.09. The van der Waals surface area contributed by atoms with Gasteiger partial charge in [-0.25, -0.2) is 0 Å². The lowest BCUT2D eigenvalue weighted by molar-refractivity contribution is -0.114. The largest absolute Gasteiger partial charge is 0.295 e. The van der Waals surface area contributed by atoms with Crippen LogP contribution >= 0.6 is 0 Å². The van der Waals surface area contributed by atoms with E-state index in [-0.39, 0.29) is 0 Å². The lowest BCUT2D eigenvalue weighted by atomic mass is 10.1. The van der Waals surface area contributed by atoms with E-state index in [2.05, 4.69) is 19.1 Å². The first-order chi connectivity index (χ1) is 6.83. The summed E-state index contributed by atoms with van der Waals surface area (Å²) in [4.78, 5) is 10.9. The Kier molecular flexibility index (Phi) is 5.28. The Morgan fingerprint density at radius 2 is 2.14 bits per heavy atom. The second-order valence-corrected chi connectivity index (χ2v) is 3.94. The molecule has 0 radical (unpaired) electrons. The van der Waals surface area contributed by atoms with E-state index in [0.717, 1.165) is 19.3 Å². The molecule has 0 N–H and O–H groups in total. The number of ketones is 1. The Balaban J connectivity index is 2.08. The molecule has 1 nitrogen and oxygen atoms in total. The quantitative estimate of drug-likeness (QED) is 0.462. The van der Waals surface area contributed by atoms with Gasteiger partial charge in [-0.05, 0) is 31.8 Å². The highest BCUT2D eigenvalue weighted by atomic mass is 16.1. The highest BCUT2D eigenvalue weighted by Gasteiger charge is 2.09. The van der Waals surface area contributed by atoms with Crippen LogP contribution in [-0.2, 0) is 4.79 Å². The van der Waals surface area contributed by atoms with E-state index >= 15 is 0 Å². The first-order valence-electron chi connectivity index (χ1n) is 5.70. The Labute approximate surface area is 86.9 Å². The number of carbonyl (C=O) groups excluding carboxylic acids is 1. The van der Waals surface area contributed by atoms with Crippen LogP contribution in [0.2, 0.25) is 0 Å². The molecule has 0 aromatic rings. The zero-order chi connectivity index (χ0) is 10.2. The molecule has 1 aliphatic rings. The zero-order valence-electron chi connectivity index (χ0n) is 9.09. The van der Waals surface area contributed by atoms with Crippen molar-refractivity contribution in [1.82, 2.24) is 0 Å². The van der Waals surface area contributed by atoms with Crippen LogP contribution in [0.1, 0.15) is 51.9 Å². The summed E-state index contributed by atoms with van der Waals surface area (Å²) < 4.78 is 0. The molecule has 14 heavy (non-hydrogen) atoms. The molecular formula is C13H20O. The molecule has 1 aliphatic carbocycles. The molecule has 1 rings (SSSR count). The maximum absolute atomic E-state index is 10.9. The summed E-state index contributed by atoms with van der Waals surface area (Å²) in [6.45, 7) is 2.22. The standard InChI is InChI=1S/C13H20O/c1-2-3-4-5-6-7-8-12-9-10-13(14)11-12/h6-7,11H,2-5,8-10H2,1H3/b7-6+. The molecule has 0 saturated heterocycles. The van der Waals surface area contributed by atoms with E-state index in [4.69, 9.17) is 0 Å². The fourth-order valence-corrected chi connectivity index (χ4v) is 1.68. The van der Waals surface area contributed by atoms with Crippen molar-refractivity contribution in [1.29, 1.82) is 0 Å². The molecule has 0 unspecified atom stereocenters. The van der Waals surface area contributed by atoms with Gasteiger partial charge in [0.1, 0.15) is 0 Å². The van der Waals surface area contributed by atoms with E-state index in [1.807, 2.05) is 6.08 Å². The molecule has 0 bridgehead atoms. The Hall–Kier alpha value is -0.850. The Morgan fingerprint density at radius 1 is 1.29 bits per heavy atom. The fourth-order valence-electron chi connectivity index (χ4n) is 1.68. The SMILES string of the molecule is CCCCC/C=C/CC1=CC(=O)CC1. The van der Waals surface area contributed by atoms with E-state index in [0.29, 0.717) is 5.78 Å². The molecule has 0 spiro atoms. The van der Waals surface area contributed by atoms with Gasteiger partial charge in [0.05, 0.1) is 0 Å². The fraction of sp³-hybridized carbons (Fsp3) is 0.615. The van der Waals surface area contributed by atoms with Crippen molar-refractivity contribution in [2.24, 2.45) is 0 Å². The summed E-state index contributed by atoms with van der Waals surface area (Å²) in [6, 6.07) is 0. The molecule has 0 aromatic heterocycles. The molecular weight excluding hydrogens is 172 g/mol. The number of carbonyl (C=O) groups is 1. The predicted octanol–water partition coefficient (Wildman–Crippen LogP) is 3.80. The third kappa shape index (κ3) is 4.40. The number of allylic oxidation sites excluding steroid dienone is 4. The summed E-state index contributed by atoms with van der Waals surface area (Å²) in [5, 5.41) is 0. The average Bonchev–Trinajstić information content (AvgIpc) is 2.58. The van der Waals surface area contributed by atoms with Gasteiger partial charge < -0.3 is 0 Å². The maximum Gasteiger partial charge on any atom is 0.155 e. The van der Waals surface area contributed by atoms with Gasteiger partial charge in [-0.1, -0.05) is 37.5 Å². The minimum absolute atomic E-state index is 0.305. The van der Waals surface area contributed by atoms with Crippen molar-refractivity contribution in [3.05, 3.63) is 23.8 Å². The third-order valence-corrected chi connectivity index (χ3v) is 2.58. The number of hydrogen-bond acceptors (Lipinski definition) is 1. The number of hydrogen-bond donors (Lipinski definition) is 0. The number of unbranched alkanes of at least 4 members (excludes halogenated alkanes) is 3. The molecule has 0 heterocycles. The summed E-state index contributed by atoms with van der Waals surface area (Å²) in [5.41, 5.74) is 1.31. The average molecular weight is 192 g/mol. The predicted molar refractivity (Wildman–Crippen MR) is 60.2 cm³/mol. The second-order valence-electron chi connectivity index (χ2n) is 3.94. The van der Waals surface area contributed by atoms with Gasteiger partial charge in [0.25, 0.3) is 0 Å². The van der Waals surface area contributed by atoms with Crippen molar-refractivity contribution in [3.8, 4) is 0 Å². The summed E-state index contributed by atoms with van der Waals surface area (Å²) >= 11 is 0. The Morgan fingerprint density at radius 3 is 2.79 bits per heavy atom. The van der Waals surface area contributed by atoms with Gasteiger partial charge in [-0.3, -0.25) is 4.79 Å². The molecule has 0 saturated carbocycles. The molecule has 1 heteroatoms. The second kappa shape index (κ2) is 6.58. The smallest absolute Gasteiger partial charge is 0.155 e. The van der Waals surface area contributed by atoms with Crippen LogP contribution in [-0.4, -0.2) is 5.78 Å². The molecule has 0 fully saturated rings. The van der Waals surface area contributed by atoms with Gasteiger partial charge >= 0.3 is 0 Å². The Bertz CT molecular complexity index is 236. The first-order valence-corrected chi connectivity index (χ1v) is 5.70. The van der Waals surface area contributed by atoms with Crippen LogP contribution in [0.3, 0.4) is 0 Å². The summed E-state index contributed by atoms with van der Waals surface area (Å²) in [5.74, 6) is 0.305. The summed E-state index contributed by atoms with van der Waals surface area (Å²) in [6.07, 6.45) is 14.1. The molecule has 0 amide bonds. The number of rotatable bonds is 6. The molecule has 0 atom stereocenters. The van der Waals surface area contributed by atoms with E-state index in [1.165, 1.54) is 31.3 Å². The van der Waals surface area contributed by atoms with E-state index < -0.39 is 0 Å². The van der Waals surface area contributed by atoms with E-state index in [9.17, 15) is 4.79 Å². The maximum atomic E-state index is 10.9. The molecule has 0 aliphatic heterocycles. The summed E-state index contributed by atoms with van der Waals surface area (Å²) in [7, 11) is 0. The van der Waals surface area contributed by atoms with Crippen molar-refractivity contribution in [3.63, 3.8) is 0 Å². The van der Waals surface area contributed by atoms with Crippen molar-refractivity contribution in [2.45, 2.75) is 51.9 Å². The highest BCUT2D eigenvalue weighted by Crippen LogP contribution is 2.18.